The summed E-state index contributed by atoms with van der Waals surface area (Å²) < 4.78 is 6.28. The number of carbonyl (C=O) groups excluding carboxylic acids is 3. The molecule has 1 aliphatic rings. The Kier molecular flexibility index (Phi) is 5.63. The first-order valence-electron chi connectivity index (χ1n) is 9.78. The molecule has 2 aromatic carbocycles. The number of carbonyl (C=O) groups is 3. The third-order valence-electron chi connectivity index (χ3n) is 4.72. The molecular formula is C25H18N2O5. The number of rotatable bonds is 4. The van der Waals surface area contributed by atoms with E-state index in [0.29, 0.717) is 0 Å². The number of fused-ring (bicyclic) bond motifs is 1. The Labute approximate surface area is 182 Å². The molecule has 0 unspecified atom stereocenters. The zero-order valence-corrected chi connectivity index (χ0v) is 17.1. The number of aromatic amines is 1. The summed E-state index contributed by atoms with van der Waals surface area (Å²) in [6.45, 7) is 1.33. The molecule has 0 amide bonds. The van der Waals surface area contributed by atoms with E-state index >= 15 is 0 Å². The number of nitrogens with one attached hydrogen (secondary N) is 1. The number of ketones is 2. The third kappa shape index (κ3) is 4.17. The minimum absolute atomic E-state index is 0.133. The van der Waals surface area contributed by atoms with Crippen LogP contribution in [0.5, 0.6) is 5.75 Å². The van der Waals surface area contributed by atoms with Crippen LogP contribution < -0.4 is 21.1 Å². The van der Waals surface area contributed by atoms with E-state index in [-0.39, 0.29) is 33.5 Å². The van der Waals surface area contributed by atoms with Gasteiger partial charge >= 0.3 is 5.97 Å². The predicted octanol–water partition coefficient (Wildman–Crippen LogP) is 1.68. The van der Waals surface area contributed by atoms with Gasteiger partial charge < -0.3 is 9.72 Å². The molecule has 0 saturated carbocycles. The Bertz CT molecular complexity index is 1470. The molecule has 3 aromatic rings. The van der Waals surface area contributed by atoms with Gasteiger partial charge in [-0.15, -0.1) is 0 Å². The van der Waals surface area contributed by atoms with Crippen LogP contribution in [0.4, 0.5) is 0 Å². The van der Waals surface area contributed by atoms with E-state index in [1.165, 1.54) is 25.1 Å². The molecule has 1 N–H and O–H groups in total. The normalized spacial score (nSPS) is 16.0. The smallest absolute Gasteiger partial charge is 0.349 e. The van der Waals surface area contributed by atoms with Gasteiger partial charge in [-0.1, -0.05) is 54.6 Å². The fourth-order valence-electron chi connectivity index (χ4n) is 3.23. The second-order valence-electron chi connectivity index (χ2n) is 7.05. The number of esters is 1. The van der Waals surface area contributed by atoms with Gasteiger partial charge in [0.2, 0.25) is 5.78 Å². The maximum Gasteiger partial charge on any atom is 0.349 e. The zero-order chi connectivity index (χ0) is 22.7. The molecule has 2 heterocycles. The fourth-order valence-corrected chi connectivity index (χ4v) is 3.23. The second-order valence-corrected chi connectivity index (χ2v) is 7.05. The van der Waals surface area contributed by atoms with Crippen molar-refractivity contribution in [3.05, 3.63) is 98.6 Å². The number of aromatic nitrogens is 2. The summed E-state index contributed by atoms with van der Waals surface area (Å²) in [6.07, 6.45) is 7.37. The topological polar surface area (TPSA) is 98.2 Å². The number of hydrogen-bond acceptors (Lipinski definition) is 5. The van der Waals surface area contributed by atoms with Crippen LogP contribution in [0.25, 0.3) is 24.4 Å². The SMILES string of the molecule is CC(=O)/C=c1\[nH]/c(=C\C=C/c2ccccc2)c(=O)n1/C=C1\C(=O)Oc2ccccc2C1=O. The van der Waals surface area contributed by atoms with Crippen molar-refractivity contribution in [2.24, 2.45) is 0 Å². The Morgan fingerprint density at radius 3 is 2.47 bits per heavy atom. The van der Waals surface area contributed by atoms with Gasteiger partial charge in [0.25, 0.3) is 5.56 Å². The molecular weight excluding hydrogens is 408 g/mol. The van der Waals surface area contributed by atoms with E-state index < -0.39 is 17.3 Å². The number of benzene rings is 2. The van der Waals surface area contributed by atoms with Crippen molar-refractivity contribution in [1.29, 1.82) is 0 Å². The van der Waals surface area contributed by atoms with Gasteiger partial charge in [0.1, 0.15) is 22.2 Å². The lowest BCUT2D eigenvalue weighted by atomic mass is 10.0. The van der Waals surface area contributed by atoms with Crippen molar-refractivity contribution in [3.8, 4) is 5.75 Å². The third-order valence-corrected chi connectivity index (χ3v) is 4.72. The highest BCUT2D eigenvalue weighted by molar-refractivity contribution is 6.29. The number of para-hydroxylation sites is 1. The first-order valence-corrected chi connectivity index (χ1v) is 9.78. The van der Waals surface area contributed by atoms with E-state index in [9.17, 15) is 19.2 Å². The molecule has 1 aromatic heterocycles. The van der Waals surface area contributed by atoms with Crippen LogP contribution in [0.15, 0.2) is 71.0 Å². The van der Waals surface area contributed by atoms with E-state index in [2.05, 4.69) is 4.98 Å². The number of Topliss-reactive ketones (excluding diaryl/α,β-unsaturated/α-hetero) is 2. The first-order chi connectivity index (χ1) is 15.4. The average Bonchev–Trinajstić information content (AvgIpc) is 3.05. The maximum atomic E-state index is 13.0. The van der Waals surface area contributed by atoms with Crippen molar-refractivity contribution >= 4 is 42.0 Å². The molecule has 0 saturated heterocycles. The predicted molar refractivity (Wildman–Crippen MR) is 120 cm³/mol. The van der Waals surface area contributed by atoms with Gasteiger partial charge in [-0.3, -0.25) is 19.0 Å². The molecule has 0 aliphatic carbocycles. The molecule has 0 fully saturated rings. The van der Waals surface area contributed by atoms with Crippen LogP contribution in [-0.2, 0) is 9.59 Å². The minimum atomic E-state index is -0.870. The van der Waals surface area contributed by atoms with Gasteiger partial charge in [0.15, 0.2) is 5.78 Å². The van der Waals surface area contributed by atoms with Crippen molar-refractivity contribution in [2.45, 2.75) is 6.92 Å². The second kappa shape index (κ2) is 8.69. The Hall–Kier alpha value is -4.52. The summed E-state index contributed by atoms with van der Waals surface area (Å²) in [4.78, 5) is 52.8. The summed E-state index contributed by atoms with van der Waals surface area (Å²) in [5, 5.41) is 0.179. The lowest BCUT2D eigenvalue weighted by molar-refractivity contribution is -0.130. The highest BCUT2D eigenvalue weighted by Crippen LogP contribution is 2.27. The zero-order valence-electron chi connectivity index (χ0n) is 17.1. The Morgan fingerprint density at radius 1 is 1.00 bits per heavy atom. The summed E-state index contributed by atoms with van der Waals surface area (Å²) in [6, 6.07) is 15.9. The van der Waals surface area contributed by atoms with Crippen LogP contribution in [0.2, 0.25) is 0 Å². The summed E-state index contributed by atoms with van der Waals surface area (Å²) in [7, 11) is 0. The average molecular weight is 426 g/mol. The molecule has 0 bridgehead atoms. The minimum Gasteiger partial charge on any atom is -0.422 e. The molecule has 7 nitrogen and oxygen atoms in total. The largest absolute Gasteiger partial charge is 0.422 e. The van der Waals surface area contributed by atoms with Crippen molar-refractivity contribution < 1.29 is 19.1 Å². The van der Waals surface area contributed by atoms with Crippen molar-refractivity contribution in [3.63, 3.8) is 0 Å². The van der Waals surface area contributed by atoms with Crippen LogP contribution in [0.3, 0.4) is 0 Å². The molecule has 0 atom stereocenters. The fraction of sp³-hybridized carbons (Fsp3) is 0.0400. The van der Waals surface area contributed by atoms with E-state index in [1.807, 2.05) is 36.4 Å². The molecule has 4 rings (SSSR count). The molecule has 32 heavy (non-hydrogen) atoms. The Morgan fingerprint density at radius 2 is 1.72 bits per heavy atom. The first kappa shape index (κ1) is 20.7. The van der Waals surface area contributed by atoms with E-state index in [1.54, 1.807) is 24.3 Å². The molecule has 0 radical (unpaired) electrons. The van der Waals surface area contributed by atoms with Crippen LogP contribution in [-0.4, -0.2) is 27.1 Å². The van der Waals surface area contributed by atoms with Crippen LogP contribution >= 0.6 is 0 Å². The summed E-state index contributed by atoms with van der Waals surface area (Å²) >= 11 is 0. The molecule has 1 aliphatic heterocycles. The molecule has 0 spiro atoms. The molecule has 7 heteroatoms. The van der Waals surface area contributed by atoms with Gasteiger partial charge in [0.05, 0.1) is 5.56 Å². The number of nitrogens with zero attached hydrogens (tertiary/aromatic N) is 1. The van der Waals surface area contributed by atoms with Gasteiger partial charge in [0, 0.05) is 12.3 Å². The van der Waals surface area contributed by atoms with Crippen molar-refractivity contribution in [1.82, 2.24) is 9.55 Å². The number of H-pyrrole nitrogens is 1. The number of hydrogen-bond donors (Lipinski definition) is 1. The van der Waals surface area contributed by atoms with Gasteiger partial charge in [-0.2, -0.15) is 0 Å². The lowest BCUT2D eigenvalue weighted by Gasteiger charge is -2.16. The maximum absolute atomic E-state index is 13.0. The monoisotopic (exact) mass is 426 g/mol. The van der Waals surface area contributed by atoms with E-state index in [0.717, 1.165) is 16.3 Å². The highest BCUT2D eigenvalue weighted by atomic mass is 16.5. The van der Waals surface area contributed by atoms with Gasteiger partial charge in [-0.25, -0.2) is 4.79 Å². The quantitative estimate of drug-likeness (QED) is 0.296. The lowest BCUT2D eigenvalue weighted by Crippen LogP contribution is -2.31. The van der Waals surface area contributed by atoms with Crippen LogP contribution in [0.1, 0.15) is 22.8 Å². The standard InChI is InChI=1S/C25H18N2O5/c1-16(28)14-22-26-20(12-7-10-17-8-3-2-4-9-17)24(30)27(22)15-19-23(29)18-11-5-6-13-21(18)32-25(19)31/h2-15,26H,1H3/b10-7-,19-15-,20-12-,22-14+. The number of imidazole rings is 1. The van der Waals surface area contributed by atoms with Gasteiger partial charge in [-0.05, 0) is 30.7 Å². The number of ether oxygens (including phenoxy) is 1. The molecule has 158 valence electrons. The van der Waals surface area contributed by atoms with Crippen LogP contribution in [0, 0.1) is 0 Å². The summed E-state index contributed by atoms with van der Waals surface area (Å²) in [5.74, 6) is -1.58. The summed E-state index contributed by atoms with van der Waals surface area (Å²) in [5.41, 5.74) is 0.462. The highest BCUT2D eigenvalue weighted by Gasteiger charge is 2.30. The van der Waals surface area contributed by atoms with E-state index in [4.69, 9.17) is 4.74 Å². The van der Waals surface area contributed by atoms with Crippen molar-refractivity contribution in [2.75, 3.05) is 0 Å². The Balaban J connectivity index is 1.82. The number of allylic oxidation sites excluding steroid dienone is 1.